The van der Waals surface area contributed by atoms with Crippen molar-refractivity contribution >= 4 is 28.7 Å². The molecule has 17 heavy (non-hydrogen) atoms. The molecule has 0 bridgehead atoms. The molecule has 0 aliphatic heterocycles. The lowest BCUT2D eigenvalue weighted by molar-refractivity contribution is 0.414. The second-order valence-corrected chi connectivity index (χ2v) is 3.78. The minimum absolute atomic E-state index is 0.549. The van der Waals surface area contributed by atoms with Crippen molar-refractivity contribution < 1.29 is 4.74 Å². The molecule has 0 radical (unpaired) electrons. The molecule has 0 atom stereocenters. The molecule has 0 unspecified atom stereocenters. The summed E-state index contributed by atoms with van der Waals surface area (Å²) in [4.78, 5) is 4.29. The van der Waals surface area contributed by atoms with E-state index in [1.807, 2.05) is 30.6 Å². The highest BCUT2D eigenvalue weighted by Gasteiger charge is 2.02. The highest BCUT2D eigenvalue weighted by Crippen LogP contribution is 2.25. The van der Waals surface area contributed by atoms with Crippen LogP contribution in [-0.4, -0.2) is 18.5 Å². The van der Waals surface area contributed by atoms with Gasteiger partial charge in [0.25, 0.3) is 0 Å². The van der Waals surface area contributed by atoms with E-state index in [1.54, 1.807) is 13.2 Å². The molecule has 0 aliphatic carbocycles. The Bertz CT molecular complexity index is 477. The van der Waals surface area contributed by atoms with Crippen molar-refractivity contribution in [3.05, 3.63) is 30.3 Å². The number of methoxy groups -OCH3 is 1. The van der Waals surface area contributed by atoms with Crippen molar-refractivity contribution in [3.63, 3.8) is 0 Å². The van der Waals surface area contributed by atoms with Gasteiger partial charge < -0.3 is 4.74 Å². The Labute approximate surface area is 105 Å². The van der Waals surface area contributed by atoms with Crippen molar-refractivity contribution in [1.82, 2.24) is 5.32 Å². The Balaban J connectivity index is 3.08. The third kappa shape index (κ3) is 3.54. The van der Waals surface area contributed by atoms with Crippen LogP contribution < -0.4 is 10.1 Å². The van der Waals surface area contributed by atoms with E-state index in [-0.39, 0.29) is 0 Å². The minimum atomic E-state index is 0.549. The van der Waals surface area contributed by atoms with Gasteiger partial charge in [-0.2, -0.15) is 5.26 Å². The zero-order chi connectivity index (χ0) is 12.7. The van der Waals surface area contributed by atoms with Crippen LogP contribution in [0.25, 0.3) is 6.08 Å². The number of nitrogens with zero attached hydrogens (tertiary/aromatic N) is 2. The molecule has 1 rings (SSSR count). The number of ether oxygens (including phenoxy) is 1. The van der Waals surface area contributed by atoms with Gasteiger partial charge in [0.1, 0.15) is 5.75 Å². The largest absolute Gasteiger partial charge is 0.496 e. The summed E-state index contributed by atoms with van der Waals surface area (Å²) in [6.07, 6.45) is 5.39. The van der Waals surface area contributed by atoms with E-state index in [0.29, 0.717) is 5.17 Å². The smallest absolute Gasteiger partial charge is 0.183 e. The molecule has 0 fully saturated rings. The van der Waals surface area contributed by atoms with Crippen LogP contribution in [0.1, 0.15) is 5.56 Å². The van der Waals surface area contributed by atoms with Crippen molar-refractivity contribution in [3.8, 4) is 11.9 Å². The number of aliphatic imine (C=N–C) groups is 1. The van der Waals surface area contributed by atoms with Gasteiger partial charge in [-0.1, -0.05) is 24.4 Å². The molecule has 0 heterocycles. The Morgan fingerprint density at radius 3 is 2.94 bits per heavy atom. The number of hydrogen-bond donors (Lipinski definition) is 1. The predicted molar refractivity (Wildman–Crippen MR) is 72.4 cm³/mol. The first kappa shape index (κ1) is 13.1. The van der Waals surface area contributed by atoms with E-state index < -0.39 is 0 Å². The van der Waals surface area contributed by atoms with E-state index in [1.165, 1.54) is 11.8 Å². The van der Waals surface area contributed by atoms with Crippen LogP contribution in [0.15, 0.2) is 29.8 Å². The minimum Gasteiger partial charge on any atom is -0.496 e. The lowest BCUT2D eigenvalue weighted by Gasteiger charge is -2.06. The number of benzene rings is 1. The van der Waals surface area contributed by atoms with Crippen molar-refractivity contribution in [2.24, 2.45) is 4.99 Å². The number of rotatable bonds is 3. The molecule has 0 aliphatic rings. The maximum atomic E-state index is 8.54. The Kier molecular flexibility index (Phi) is 5.11. The van der Waals surface area contributed by atoms with E-state index in [0.717, 1.165) is 17.0 Å². The molecule has 4 nitrogen and oxygen atoms in total. The molecule has 0 spiro atoms. The normalized spacial score (nSPS) is 10.5. The number of hydrogen-bond acceptors (Lipinski definition) is 4. The Morgan fingerprint density at radius 1 is 1.65 bits per heavy atom. The van der Waals surface area contributed by atoms with Gasteiger partial charge in [0, 0.05) is 5.56 Å². The number of thioether (sulfide) groups is 1. The fourth-order valence-corrected chi connectivity index (χ4v) is 1.58. The van der Waals surface area contributed by atoms with Crippen LogP contribution in [0.5, 0.6) is 5.75 Å². The molecule has 0 saturated heterocycles. The lowest BCUT2D eigenvalue weighted by Crippen LogP contribution is -2.12. The first-order valence-electron chi connectivity index (χ1n) is 4.83. The first-order valence-corrected chi connectivity index (χ1v) is 6.06. The van der Waals surface area contributed by atoms with E-state index in [4.69, 9.17) is 10.00 Å². The summed E-state index contributed by atoms with van der Waals surface area (Å²) in [5.41, 5.74) is 1.61. The highest BCUT2D eigenvalue weighted by molar-refractivity contribution is 8.13. The summed E-state index contributed by atoms with van der Waals surface area (Å²) in [7, 11) is 1.61. The maximum Gasteiger partial charge on any atom is 0.183 e. The third-order valence-electron chi connectivity index (χ3n) is 2.02. The van der Waals surface area contributed by atoms with Gasteiger partial charge in [-0.15, -0.1) is 0 Å². The fraction of sp³-hybridized carbons (Fsp3) is 0.167. The zero-order valence-corrected chi connectivity index (χ0v) is 10.5. The lowest BCUT2D eigenvalue weighted by atomic mass is 10.2. The zero-order valence-electron chi connectivity index (χ0n) is 9.73. The van der Waals surface area contributed by atoms with Gasteiger partial charge in [-0.3, -0.25) is 5.32 Å². The molecule has 88 valence electrons. The van der Waals surface area contributed by atoms with Gasteiger partial charge in [-0.05, 0) is 24.5 Å². The van der Waals surface area contributed by atoms with Gasteiger partial charge in [-0.25, -0.2) is 4.99 Å². The molecule has 1 aromatic carbocycles. The second kappa shape index (κ2) is 6.61. The molecule has 1 N–H and O–H groups in total. The van der Waals surface area contributed by atoms with E-state index in [2.05, 4.69) is 16.9 Å². The Morgan fingerprint density at radius 2 is 2.41 bits per heavy atom. The van der Waals surface area contributed by atoms with Crippen molar-refractivity contribution in [2.75, 3.05) is 13.4 Å². The number of nitriles is 1. The highest BCUT2D eigenvalue weighted by atomic mass is 32.2. The van der Waals surface area contributed by atoms with Crippen molar-refractivity contribution in [1.29, 1.82) is 5.26 Å². The molecule has 0 aromatic heterocycles. The molecular formula is C12H13N3OS. The number of amidine groups is 1. The van der Waals surface area contributed by atoms with Gasteiger partial charge in [0.05, 0.1) is 12.8 Å². The van der Waals surface area contributed by atoms with E-state index in [9.17, 15) is 0 Å². The molecule has 0 saturated carbocycles. The topological polar surface area (TPSA) is 57.4 Å². The quantitative estimate of drug-likeness (QED) is 0.386. The van der Waals surface area contributed by atoms with Gasteiger partial charge in [0.15, 0.2) is 11.4 Å². The SMILES string of the molecule is C=Cc1cc(N=C(NC#N)SC)ccc1OC. The predicted octanol–water partition coefficient (Wildman–Crippen LogP) is 2.76. The molecule has 0 amide bonds. The second-order valence-electron chi connectivity index (χ2n) is 2.99. The Hall–Kier alpha value is -1.93. The monoisotopic (exact) mass is 247 g/mol. The van der Waals surface area contributed by atoms with Crippen LogP contribution in [0, 0.1) is 11.5 Å². The van der Waals surface area contributed by atoms with Gasteiger partial charge in [0.2, 0.25) is 0 Å². The van der Waals surface area contributed by atoms with Crippen LogP contribution >= 0.6 is 11.8 Å². The fourth-order valence-electron chi connectivity index (χ4n) is 1.24. The third-order valence-corrected chi connectivity index (χ3v) is 2.60. The summed E-state index contributed by atoms with van der Waals surface area (Å²) in [6, 6.07) is 5.49. The number of nitrogens with one attached hydrogen (secondary N) is 1. The van der Waals surface area contributed by atoms with Crippen LogP contribution in [0.2, 0.25) is 0 Å². The summed E-state index contributed by atoms with van der Waals surface area (Å²) >= 11 is 1.37. The standard InChI is InChI=1S/C12H13N3OS/c1-4-9-7-10(5-6-11(9)16-2)15-12(17-3)14-8-13/h4-7H,1H2,2-3H3,(H,14,15). The first-order chi connectivity index (χ1) is 8.24. The van der Waals surface area contributed by atoms with Gasteiger partial charge >= 0.3 is 0 Å². The summed E-state index contributed by atoms with van der Waals surface area (Å²) in [5.74, 6) is 0.748. The van der Waals surface area contributed by atoms with E-state index >= 15 is 0 Å². The molecule has 1 aromatic rings. The van der Waals surface area contributed by atoms with Crippen LogP contribution in [0.4, 0.5) is 5.69 Å². The van der Waals surface area contributed by atoms with Crippen LogP contribution in [0.3, 0.4) is 0 Å². The molecular weight excluding hydrogens is 234 g/mol. The maximum absolute atomic E-state index is 8.54. The summed E-state index contributed by atoms with van der Waals surface area (Å²) in [6.45, 7) is 3.71. The van der Waals surface area contributed by atoms with Crippen LogP contribution in [-0.2, 0) is 0 Å². The summed E-state index contributed by atoms with van der Waals surface area (Å²) < 4.78 is 5.18. The molecule has 5 heteroatoms. The average Bonchev–Trinajstić information content (AvgIpc) is 2.38. The summed E-state index contributed by atoms with van der Waals surface area (Å²) in [5, 5.41) is 11.6. The average molecular weight is 247 g/mol. The van der Waals surface area contributed by atoms with Crippen molar-refractivity contribution in [2.45, 2.75) is 0 Å².